The van der Waals surface area contributed by atoms with Crippen molar-refractivity contribution in [2.45, 2.75) is 37.4 Å². The second-order valence-electron chi connectivity index (χ2n) is 5.18. The summed E-state index contributed by atoms with van der Waals surface area (Å²) in [5, 5.41) is 3.00. The standard InChI is InChI=1S/C16H21NO3S/c1-20-13-9-7-12(8-10-13)16(19)17-15(18)11-21-14-5-3-2-4-6-14/h7-10,14H,2-6,11H2,1H3,(H,17,18,19). The van der Waals surface area contributed by atoms with Crippen molar-refractivity contribution in [3.05, 3.63) is 29.8 Å². The smallest absolute Gasteiger partial charge is 0.257 e. The van der Waals surface area contributed by atoms with E-state index in [1.165, 1.54) is 32.1 Å². The average molecular weight is 307 g/mol. The minimum Gasteiger partial charge on any atom is -0.497 e. The number of hydrogen-bond acceptors (Lipinski definition) is 4. The topological polar surface area (TPSA) is 55.4 Å². The lowest BCUT2D eigenvalue weighted by molar-refractivity contribution is -0.117. The molecule has 0 heterocycles. The van der Waals surface area contributed by atoms with Crippen LogP contribution in [-0.4, -0.2) is 29.9 Å². The van der Waals surface area contributed by atoms with E-state index in [0.29, 0.717) is 22.3 Å². The third kappa shape index (κ3) is 5.08. The maximum absolute atomic E-state index is 11.9. The van der Waals surface area contributed by atoms with Gasteiger partial charge in [-0.3, -0.25) is 14.9 Å². The Morgan fingerprint density at radius 3 is 2.48 bits per heavy atom. The van der Waals surface area contributed by atoms with Gasteiger partial charge in [-0.25, -0.2) is 0 Å². The molecule has 0 saturated heterocycles. The van der Waals surface area contributed by atoms with E-state index >= 15 is 0 Å². The molecular formula is C16H21NO3S. The van der Waals surface area contributed by atoms with E-state index in [1.54, 1.807) is 43.1 Å². The van der Waals surface area contributed by atoms with E-state index in [-0.39, 0.29) is 11.8 Å². The average Bonchev–Trinajstić information content (AvgIpc) is 2.54. The molecule has 0 spiro atoms. The highest BCUT2D eigenvalue weighted by Crippen LogP contribution is 2.27. The quantitative estimate of drug-likeness (QED) is 0.908. The van der Waals surface area contributed by atoms with Crippen LogP contribution < -0.4 is 10.1 Å². The molecule has 0 unspecified atom stereocenters. The summed E-state index contributed by atoms with van der Waals surface area (Å²) < 4.78 is 5.03. The molecule has 114 valence electrons. The first kappa shape index (κ1) is 15.9. The summed E-state index contributed by atoms with van der Waals surface area (Å²) in [5.74, 6) is 0.469. The Morgan fingerprint density at radius 1 is 1.19 bits per heavy atom. The Balaban J connectivity index is 1.76. The van der Waals surface area contributed by atoms with Crippen LogP contribution in [0.5, 0.6) is 5.75 Å². The van der Waals surface area contributed by atoms with E-state index in [2.05, 4.69) is 5.32 Å². The summed E-state index contributed by atoms with van der Waals surface area (Å²) in [6, 6.07) is 6.71. The number of ether oxygens (including phenoxy) is 1. The summed E-state index contributed by atoms with van der Waals surface area (Å²) in [6.07, 6.45) is 6.18. The summed E-state index contributed by atoms with van der Waals surface area (Å²) in [4.78, 5) is 23.7. The van der Waals surface area contributed by atoms with Gasteiger partial charge >= 0.3 is 0 Å². The van der Waals surface area contributed by atoms with Crippen molar-refractivity contribution >= 4 is 23.6 Å². The van der Waals surface area contributed by atoms with E-state index in [0.717, 1.165) is 0 Å². The number of carbonyl (C=O) groups is 2. The van der Waals surface area contributed by atoms with Gasteiger partial charge in [-0.2, -0.15) is 0 Å². The van der Waals surface area contributed by atoms with Gasteiger partial charge in [-0.1, -0.05) is 19.3 Å². The minimum atomic E-state index is -0.355. The van der Waals surface area contributed by atoms with E-state index in [1.807, 2.05) is 0 Å². The van der Waals surface area contributed by atoms with Crippen molar-refractivity contribution < 1.29 is 14.3 Å². The van der Waals surface area contributed by atoms with Crippen molar-refractivity contribution in [2.75, 3.05) is 12.9 Å². The Kier molecular flexibility index (Phi) is 6.11. The van der Waals surface area contributed by atoms with Crippen LogP contribution in [0.4, 0.5) is 0 Å². The van der Waals surface area contributed by atoms with Gasteiger partial charge < -0.3 is 4.74 Å². The summed E-state index contributed by atoms with van der Waals surface area (Å²) in [7, 11) is 1.57. The Bertz CT molecular complexity index is 481. The van der Waals surface area contributed by atoms with Crippen molar-refractivity contribution in [1.29, 1.82) is 0 Å². The van der Waals surface area contributed by atoms with Crippen LogP contribution in [-0.2, 0) is 4.79 Å². The van der Waals surface area contributed by atoms with E-state index < -0.39 is 0 Å². The van der Waals surface area contributed by atoms with Gasteiger partial charge in [-0.15, -0.1) is 11.8 Å². The number of hydrogen-bond donors (Lipinski definition) is 1. The van der Waals surface area contributed by atoms with Crippen molar-refractivity contribution in [2.24, 2.45) is 0 Å². The predicted molar refractivity (Wildman–Crippen MR) is 84.8 cm³/mol. The summed E-state index contributed by atoms with van der Waals surface area (Å²) in [5.41, 5.74) is 0.465. The number of amides is 2. The summed E-state index contributed by atoms with van der Waals surface area (Å²) in [6.45, 7) is 0. The van der Waals surface area contributed by atoms with Gasteiger partial charge in [-0.05, 0) is 37.1 Å². The third-order valence-electron chi connectivity index (χ3n) is 3.61. The SMILES string of the molecule is COc1ccc(C(=O)NC(=O)CSC2CCCCC2)cc1. The molecule has 0 radical (unpaired) electrons. The van der Waals surface area contributed by atoms with Crippen LogP contribution in [0.15, 0.2) is 24.3 Å². The second kappa shape index (κ2) is 8.08. The molecule has 1 aromatic carbocycles. The number of rotatable bonds is 5. The third-order valence-corrected chi connectivity index (χ3v) is 4.98. The molecule has 0 aromatic heterocycles. The van der Waals surface area contributed by atoms with E-state index in [9.17, 15) is 9.59 Å². The van der Waals surface area contributed by atoms with Gasteiger partial charge in [0.25, 0.3) is 5.91 Å². The number of nitrogens with one attached hydrogen (secondary N) is 1. The molecule has 0 bridgehead atoms. The van der Waals surface area contributed by atoms with Crippen LogP contribution >= 0.6 is 11.8 Å². The van der Waals surface area contributed by atoms with Crippen LogP contribution in [0, 0.1) is 0 Å². The van der Waals surface area contributed by atoms with Crippen LogP contribution in [0.1, 0.15) is 42.5 Å². The lowest BCUT2D eigenvalue weighted by Crippen LogP contribution is -2.32. The molecule has 21 heavy (non-hydrogen) atoms. The first-order chi connectivity index (χ1) is 10.2. The first-order valence-corrected chi connectivity index (χ1v) is 8.34. The molecule has 5 heteroatoms. The molecule has 1 aliphatic rings. The molecular weight excluding hydrogens is 286 g/mol. The molecule has 1 saturated carbocycles. The van der Waals surface area contributed by atoms with Gasteiger partial charge in [0.1, 0.15) is 5.75 Å². The zero-order chi connectivity index (χ0) is 15.1. The Labute approximate surface area is 129 Å². The van der Waals surface area contributed by atoms with Gasteiger partial charge in [0, 0.05) is 10.8 Å². The van der Waals surface area contributed by atoms with Crippen molar-refractivity contribution in [3.8, 4) is 5.75 Å². The maximum atomic E-state index is 11.9. The molecule has 1 N–H and O–H groups in total. The highest BCUT2D eigenvalue weighted by atomic mass is 32.2. The Morgan fingerprint density at radius 2 is 1.86 bits per heavy atom. The van der Waals surface area contributed by atoms with E-state index in [4.69, 9.17) is 4.74 Å². The zero-order valence-corrected chi connectivity index (χ0v) is 13.1. The fourth-order valence-electron chi connectivity index (χ4n) is 2.40. The molecule has 1 aliphatic carbocycles. The molecule has 4 nitrogen and oxygen atoms in total. The van der Waals surface area contributed by atoms with Crippen LogP contribution in [0.25, 0.3) is 0 Å². The van der Waals surface area contributed by atoms with Gasteiger partial charge in [0.05, 0.1) is 12.9 Å². The number of thioether (sulfide) groups is 1. The fraction of sp³-hybridized carbons (Fsp3) is 0.500. The Hall–Kier alpha value is -1.49. The lowest BCUT2D eigenvalue weighted by atomic mass is 10.0. The van der Waals surface area contributed by atoms with Crippen molar-refractivity contribution in [3.63, 3.8) is 0 Å². The van der Waals surface area contributed by atoms with Crippen LogP contribution in [0.2, 0.25) is 0 Å². The fourth-order valence-corrected chi connectivity index (χ4v) is 3.53. The zero-order valence-electron chi connectivity index (χ0n) is 12.3. The monoisotopic (exact) mass is 307 g/mol. The highest BCUT2D eigenvalue weighted by Gasteiger charge is 2.16. The molecule has 2 amide bonds. The molecule has 2 rings (SSSR count). The lowest BCUT2D eigenvalue weighted by Gasteiger charge is -2.20. The number of imide groups is 1. The molecule has 1 aromatic rings. The molecule has 1 fully saturated rings. The molecule has 0 aliphatic heterocycles. The first-order valence-electron chi connectivity index (χ1n) is 7.29. The predicted octanol–water partition coefficient (Wildman–Crippen LogP) is 3.02. The van der Waals surface area contributed by atoms with Crippen molar-refractivity contribution in [1.82, 2.24) is 5.32 Å². The highest BCUT2D eigenvalue weighted by molar-refractivity contribution is 8.00. The van der Waals surface area contributed by atoms with Crippen LogP contribution in [0.3, 0.4) is 0 Å². The van der Waals surface area contributed by atoms with Gasteiger partial charge in [0.15, 0.2) is 0 Å². The maximum Gasteiger partial charge on any atom is 0.257 e. The minimum absolute atomic E-state index is 0.216. The number of benzene rings is 1. The second-order valence-corrected chi connectivity index (χ2v) is 6.47. The van der Waals surface area contributed by atoms with Gasteiger partial charge in [0.2, 0.25) is 5.91 Å². The number of methoxy groups -OCH3 is 1. The number of carbonyl (C=O) groups excluding carboxylic acids is 2. The molecule has 0 atom stereocenters. The summed E-state index contributed by atoms with van der Waals surface area (Å²) >= 11 is 1.66. The largest absolute Gasteiger partial charge is 0.497 e. The normalized spacial score (nSPS) is 15.5.